The van der Waals surface area contributed by atoms with Gasteiger partial charge in [0.05, 0.1) is 45.2 Å². The van der Waals surface area contributed by atoms with E-state index in [2.05, 4.69) is 15.0 Å². The molecule has 0 amide bonds. The predicted octanol–water partition coefficient (Wildman–Crippen LogP) is 7.20. The fourth-order valence-corrected chi connectivity index (χ4v) is 2.97. The first-order valence-corrected chi connectivity index (χ1v) is 8.98. The lowest BCUT2D eigenvalue weighted by Crippen LogP contribution is -1.93. The molecule has 7 heteroatoms. The number of nitrogens with zero attached hydrogens (tertiary/aromatic N) is 3. The maximum Gasteiger partial charge on any atom is 0.0820 e. The van der Waals surface area contributed by atoms with Gasteiger partial charge in [-0.05, 0) is 48.5 Å². The first kappa shape index (κ1) is 18.9. The van der Waals surface area contributed by atoms with Crippen LogP contribution in [0.25, 0.3) is 0 Å². The normalized spacial score (nSPS) is 11.5. The van der Waals surface area contributed by atoms with Crippen LogP contribution in [0.3, 0.4) is 0 Å². The van der Waals surface area contributed by atoms with Crippen molar-refractivity contribution in [1.29, 1.82) is 0 Å². The summed E-state index contributed by atoms with van der Waals surface area (Å²) in [5, 5.41) is 2.07. The van der Waals surface area contributed by atoms with Crippen molar-refractivity contribution < 1.29 is 0 Å². The Morgan fingerprint density at radius 3 is 1.54 bits per heavy atom. The molecule has 0 fully saturated rings. The van der Waals surface area contributed by atoms with E-state index in [1.165, 1.54) is 0 Å². The van der Waals surface area contributed by atoms with Gasteiger partial charge < -0.3 is 0 Å². The molecule has 0 aliphatic heterocycles. The van der Waals surface area contributed by atoms with E-state index in [0.29, 0.717) is 42.9 Å². The summed E-state index contributed by atoms with van der Waals surface area (Å²) in [5.41, 5.74) is 2.57. The molecule has 26 heavy (non-hydrogen) atoms. The Balaban J connectivity index is 1.79. The van der Waals surface area contributed by atoms with Crippen molar-refractivity contribution in [3.05, 3.63) is 86.1 Å². The van der Waals surface area contributed by atoms with Gasteiger partial charge in [0.25, 0.3) is 0 Å². The van der Waals surface area contributed by atoms with Crippen molar-refractivity contribution in [3.63, 3.8) is 0 Å². The maximum atomic E-state index is 6.11. The Hall–Kier alpha value is -1.91. The van der Waals surface area contributed by atoms with Crippen LogP contribution in [0.2, 0.25) is 20.1 Å². The van der Waals surface area contributed by atoms with Crippen LogP contribution in [-0.4, -0.2) is 17.4 Å². The average molecular weight is 423 g/mol. The van der Waals surface area contributed by atoms with Crippen molar-refractivity contribution in [2.45, 2.75) is 0 Å². The summed E-state index contributed by atoms with van der Waals surface area (Å²) in [6, 6.07) is 15.8. The maximum absolute atomic E-state index is 6.11. The number of halogens is 4. The summed E-state index contributed by atoms with van der Waals surface area (Å²) in [6.45, 7) is 0. The monoisotopic (exact) mass is 421 g/mol. The van der Waals surface area contributed by atoms with Gasteiger partial charge in [-0.3, -0.25) is 9.98 Å². The standard InChI is InChI=1S/C19H11Cl4N3/c20-12-4-6-18(16(22)8-12)24-10-14-2-1-3-15(26-14)11-25-19-7-5-13(21)9-17(19)23/h1-11H/b24-10+,25-11+. The van der Waals surface area contributed by atoms with Gasteiger partial charge in [-0.15, -0.1) is 0 Å². The van der Waals surface area contributed by atoms with Crippen molar-refractivity contribution in [2.75, 3.05) is 0 Å². The molecule has 0 spiro atoms. The van der Waals surface area contributed by atoms with Gasteiger partial charge >= 0.3 is 0 Å². The lowest BCUT2D eigenvalue weighted by molar-refractivity contribution is 1.27. The van der Waals surface area contributed by atoms with E-state index < -0.39 is 0 Å². The zero-order chi connectivity index (χ0) is 18.5. The van der Waals surface area contributed by atoms with Crippen LogP contribution >= 0.6 is 46.4 Å². The fraction of sp³-hybridized carbons (Fsp3) is 0. The number of hydrogen-bond acceptors (Lipinski definition) is 3. The minimum atomic E-state index is 0.476. The van der Waals surface area contributed by atoms with E-state index in [1.807, 2.05) is 18.2 Å². The van der Waals surface area contributed by atoms with E-state index in [4.69, 9.17) is 46.4 Å². The molecule has 0 atom stereocenters. The molecule has 0 radical (unpaired) electrons. The topological polar surface area (TPSA) is 37.6 Å². The van der Waals surface area contributed by atoms with Gasteiger partial charge in [-0.2, -0.15) is 0 Å². The Morgan fingerprint density at radius 2 is 1.12 bits per heavy atom. The number of rotatable bonds is 4. The largest absolute Gasteiger partial charge is 0.253 e. The molecule has 1 aromatic heterocycles. The molecule has 130 valence electrons. The molecule has 0 saturated heterocycles. The fourth-order valence-electron chi connectivity index (χ4n) is 2.06. The van der Waals surface area contributed by atoms with Crippen LogP contribution in [0, 0.1) is 0 Å². The quantitative estimate of drug-likeness (QED) is 0.409. The van der Waals surface area contributed by atoms with E-state index in [-0.39, 0.29) is 0 Å². The third-order valence-electron chi connectivity index (χ3n) is 3.28. The first-order valence-electron chi connectivity index (χ1n) is 7.46. The summed E-state index contributed by atoms with van der Waals surface area (Å²) < 4.78 is 0. The molecule has 0 N–H and O–H groups in total. The van der Waals surface area contributed by atoms with Crippen LogP contribution in [0.15, 0.2) is 64.6 Å². The second-order valence-electron chi connectivity index (χ2n) is 5.20. The number of aromatic nitrogens is 1. The van der Waals surface area contributed by atoms with Crippen LogP contribution in [0.4, 0.5) is 11.4 Å². The van der Waals surface area contributed by atoms with Crippen molar-refractivity contribution in [2.24, 2.45) is 9.98 Å². The number of benzene rings is 2. The Labute approximate surface area is 170 Å². The van der Waals surface area contributed by atoms with Crippen LogP contribution in [0.1, 0.15) is 11.4 Å². The smallest absolute Gasteiger partial charge is 0.0820 e. The third-order valence-corrected chi connectivity index (χ3v) is 4.36. The first-order chi connectivity index (χ1) is 12.5. The van der Waals surface area contributed by atoms with Crippen LogP contribution in [0.5, 0.6) is 0 Å². The zero-order valence-corrected chi connectivity index (χ0v) is 16.2. The van der Waals surface area contributed by atoms with Gasteiger partial charge in [-0.1, -0.05) is 52.5 Å². The molecular weight excluding hydrogens is 412 g/mol. The van der Waals surface area contributed by atoms with E-state index >= 15 is 0 Å². The molecule has 0 aliphatic rings. The molecule has 1 heterocycles. The van der Waals surface area contributed by atoms with Crippen LogP contribution < -0.4 is 0 Å². The molecule has 3 nitrogen and oxygen atoms in total. The molecule has 0 unspecified atom stereocenters. The lowest BCUT2D eigenvalue weighted by atomic mass is 10.3. The van der Waals surface area contributed by atoms with Crippen molar-refractivity contribution >= 4 is 70.2 Å². The summed E-state index contributed by atoms with van der Waals surface area (Å²) >= 11 is 24.0. The molecular formula is C19H11Cl4N3. The molecule has 3 aromatic rings. The van der Waals surface area contributed by atoms with Gasteiger partial charge in [-0.25, -0.2) is 4.98 Å². The number of aliphatic imine (C=N–C) groups is 2. The minimum absolute atomic E-state index is 0.476. The second kappa shape index (κ2) is 8.65. The van der Waals surface area contributed by atoms with E-state index in [0.717, 1.165) is 0 Å². The summed E-state index contributed by atoms with van der Waals surface area (Å²) in [5.74, 6) is 0. The highest BCUT2D eigenvalue weighted by Gasteiger charge is 2.01. The summed E-state index contributed by atoms with van der Waals surface area (Å²) in [6.07, 6.45) is 3.25. The van der Waals surface area contributed by atoms with E-state index in [9.17, 15) is 0 Å². The molecule has 3 rings (SSSR count). The van der Waals surface area contributed by atoms with Gasteiger partial charge in [0.15, 0.2) is 0 Å². The highest BCUT2D eigenvalue weighted by Crippen LogP contribution is 2.28. The van der Waals surface area contributed by atoms with Crippen molar-refractivity contribution in [3.8, 4) is 0 Å². The molecule has 0 bridgehead atoms. The Kier molecular flexibility index (Phi) is 6.28. The average Bonchev–Trinajstić information content (AvgIpc) is 2.61. The highest BCUT2D eigenvalue weighted by molar-refractivity contribution is 6.36. The van der Waals surface area contributed by atoms with Gasteiger partial charge in [0.1, 0.15) is 0 Å². The van der Waals surface area contributed by atoms with Crippen molar-refractivity contribution in [1.82, 2.24) is 4.98 Å². The predicted molar refractivity (Wildman–Crippen MR) is 112 cm³/mol. The second-order valence-corrected chi connectivity index (χ2v) is 6.88. The highest BCUT2D eigenvalue weighted by atomic mass is 35.5. The summed E-state index contributed by atoms with van der Waals surface area (Å²) in [4.78, 5) is 13.1. The van der Waals surface area contributed by atoms with Gasteiger partial charge in [0, 0.05) is 10.0 Å². The third kappa shape index (κ3) is 5.05. The Bertz CT molecular complexity index is 923. The minimum Gasteiger partial charge on any atom is -0.253 e. The lowest BCUT2D eigenvalue weighted by Gasteiger charge is -2.00. The van der Waals surface area contributed by atoms with Crippen LogP contribution in [-0.2, 0) is 0 Å². The molecule has 0 aliphatic carbocycles. The molecule has 2 aromatic carbocycles. The molecule has 0 saturated carbocycles. The van der Waals surface area contributed by atoms with E-state index in [1.54, 1.807) is 48.8 Å². The number of hydrogen-bond donors (Lipinski definition) is 0. The van der Waals surface area contributed by atoms with Gasteiger partial charge in [0.2, 0.25) is 0 Å². The Morgan fingerprint density at radius 1 is 0.654 bits per heavy atom. The SMILES string of the molecule is Clc1ccc(/N=C/c2cccc(/C=N/c3ccc(Cl)cc3Cl)n2)c(Cl)c1. The zero-order valence-electron chi connectivity index (χ0n) is 13.2. The number of pyridine rings is 1. The summed E-state index contributed by atoms with van der Waals surface area (Å²) in [7, 11) is 0.